The Morgan fingerprint density at radius 2 is 1.39 bits per heavy atom. The summed E-state index contributed by atoms with van der Waals surface area (Å²) in [4.78, 5) is 0. The van der Waals surface area contributed by atoms with Crippen molar-refractivity contribution in [1.29, 1.82) is 0 Å². The third-order valence-corrected chi connectivity index (χ3v) is 2.77. The minimum Gasteiger partial charge on any atom is -0.508 e. The van der Waals surface area contributed by atoms with Crippen molar-refractivity contribution in [2.45, 2.75) is 18.5 Å². The van der Waals surface area contributed by atoms with Gasteiger partial charge in [0, 0.05) is 28.4 Å². The van der Waals surface area contributed by atoms with Crippen LogP contribution in [0.2, 0.25) is 0 Å². The molecule has 1 aromatic rings. The maximum Gasteiger partial charge on any atom is 0.168 e. The fourth-order valence-corrected chi connectivity index (χ4v) is 1.95. The molecule has 0 unspecified atom stereocenters. The molecule has 0 amide bonds. The zero-order valence-electron chi connectivity index (χ0n) is 11.1. The fourth-order valence-electron chi connectivity index (χ4n) is 1.95. The topological polar surface area (TPSA) is 57.2 Å². The van der Waals surface area contributed by atoms with Crippen LogP contribution in [0.15, 0.2) is 24.3 Å². The van der Waals surface area contributed by atoms with Gasteiger partial charge in [0.15, 0.2) is 12.6 Å². The van der Waals surface area contributed by atoms with Gasteiger partial charge < -0.3 is 24.1 Å². The Morgan fingerprint density at radius 1 is 0.889 bits per heavy atom. The van der Waals surface area contributed by atoms with E-state index in [1.165, 1.54) is 0 Å². The minimum absolute atomic E-state index is 0.175. The first-order chi connectivity index (χ1) is 8.67. The first kappa shape index (κ1) is 14.9. The van der Waals surface area contributed by atoms with Crippen molar-refractivity contribution in [1.82, 2.24) is 0 Å². The lowest BCUT2D eigenvalue weighted by molar-refractivity contribution is -0.196. The lowest BCUT2D eigenvalue weighted by Gasteiger charge is -2.30. The van der Waals surface area contributed by atoms with Crippen LogP contribution in [-0.2, 0) is 18.9 Å². The molecular formula is C13H20O5. The SMILES string of the molecule is COC(OC)C(c1cccc(O)c1)C(OC)OC. The molecule has 1 rings (SSSR count). The van der Waals surface area contributed by atoms with Gasteiger partial charge in [-0.05, 0) is 17.7 Å². The second-order valence-electron chi connectivity index (χ2n) is 3.80. The van der Waals surface area contributed by atoms with Crippen LogP contribution in [0, 0.1) is 0 Å². The van der Waals surface area contributed by atoms with Gasteiger partial charge in [-0.2, -0.15) is 0 Å². The summed E-state index contributed by atoms with van der Waals surface area (Å²) in [6, 6.07) is 6.85. The van der Waals surface area contributed by atoms with Crippen molar-refractivity contribution in [3.63, 3.8) is 0 Å². The van der Waals surface area contributed by atoms with Gasteiger partial charge in [-0.3, -0.25) is 0 Å². The van der Waals surface area contributed by atoms with E-state index in [2.05, 4.69) is 0 Å². The number of hydrogen-bond acceptors (Lipinski definition) is 5. The van der Waals surface area contributed by atoms with Gasteiger partial charge in [0.05, 0.1) is 5.92 Å². The Labute approximate surface area is 107 Å². The summed E-state index contributed by atoms with van der Waals surface area (Å²) in [5.41, 5.74) is 0.817. The van der Waals surface area contributed by atoms with Crippen LogP contribution in [0.5, 0.6) is 5.75 Å². The van der Waals surface area contributed by atoms with Gasteiger partial charge in [-0.15, -0.1) is 0 Å². The van der Waals surface area contributed by atoms with E-state index in [-0.39, 0.29) is 11.7 Å². The predicted molar refractivity (Wildman–Crippen MR) is 66.5 cm³/mol. The van der Waals surface area contributed by atoms with Crippen molar-refractivity contribution in [3.8, 4) is 5.75 Å². The van der Waals surface area contributed by atoms with E-state index in [9.17, 15) is 5.11 Å². The Morgan fingerprint density at radius 3 is 1.78 bits per heavy atom. The second kappa shape index (κ2) is 7.33. The molecule has 0 radical (unpaired) electrons. The molecule has 0 heterocycles. The molecule has 0 saturated carbocycles. The van der Waals surface area contributed by atoms with E-state index < -0.39 is 12.6 Å². The first-order valence-corrected chi connectivity index (χ1v) is 5.58. The average molecular weight is 256 g/mol. The second-order valence-corrected chi connectivity index (χ2v) is 3.80. The standard InChI is InChI=1S/C13H20O5/c1-15-12(16-2)11(13(17-3)18-4)9-6-5-7-10(14)8-9/h5-8,11-14H,1-4H3. The summed E-state index contributed by atoms with van der Waals surface area (Å²) in [6.45, 7) is 0. The van der Waals surface area contributed by atoms with Gasteiger partial charge in [-0.25, -0.2) is 0 Å². The molecule has 0 atom stereocenters. The molecule has 0 fully saturated rings. The van der Waals surface area contributed by atoms with Crippen LogP contribution in [0.4, 0.5) is 0 Å². The van der Waals surface area contributed by atoms with Gasteiger partial charge in [0.25, 0.3) is 0 Å². The van der Waals surface area contributed by atoms with Gasteiger partial charge in [0.2, 0.25) is 0 Å². The molecule has 0 aliphatic carbocycles. The molecule has 0 aliphatic rings. The summed E-state index contributed by atoms with van der Waals surface area (Å²) in [5, 5.41) is 9.55. The normalized spacial score (nSPS) is 11.7. The number of rotatable bonds is 7. The number of hydrogen-bond donors (Lipinski definition) is 1. The van der Waals surface area contributed by atoms with Crippen LogP contribution < -0.4 is 0 Å². The molecule has 5 nitrogen and oxygen atoms in total. The lowest BCUT2D eigenvalue weighted by Crippen LogP contribution is -2.34. The molecule has 18 heavy (non-hydrogen) atoms. The predicted octanol–water partition coefficient (Wildman–Crippen LogP) is 1.71. The van der Waals surface area contributed by atoms with E-state index in [0.29, 0.717) is 0 Å². The molecule has 1 aromatic carbocycles. The maximum absolute atomic E-state index is 9.55. The van der Waals surface area contributed by atoms with E-state index in [1.807, 2.05) is 6.07 Å². The molecule has 0 saturated heterocycles. The molecule has 102 valence electrons. The highest BCUT2D eigenvalue weighted by Crippen LogP contribution is 2.30. The van der Waals surface area contributed by atoms with Crippen LogP contribution >= 0.6 is 0 Å². The highest BCUT2D eigenvalue weighted by atomic mass is 16.7. The van der Waals surface area contributed by atoms with Gasteiger partial charge in [-0.1, -0.05) is 12.1 Å². The smallest absolute Gasteiger partial charge is 0.168 e. The summed E-state index contributed by atoms with van der Waals surface area (Å²) >= 11 is 0. The highest BCUT2D eigenvalue weighted by molar-refractivity contribution is 5.30. The molecule has 5 heteroatoms. The Hall–Kier alpha value is -1.14. The number of ether oxygens (including phenoxy) is 4. The van der Waals surface area contributed by atoms with Crippen LogP contribution in [-0.4, -0.2) is 46.1 Å². The number of benzene rings is 1. The fraction of sp³-hybridized carbons (Fsp3) is 0.538. The average Bonchev–Trinajstić information content (AvgIpc) is 2.39. The molecule has 1 N–H and O–H groups in total. The molecule has 0 bridgehead atoms. The van der Waals surface area contributed by atoms with Crippen molar-refractivity contribution >= 4 is 0 Å². The number of phenolic OH excluding ortho intramolecular Hbond substituents is 1. The summed E-state index contributed by atoms with van der Waals surface area (Å²) in [7, 11) is 6.19. The number of methoxy groups -OCH3 is 4. The first-order valence-electron chi connectivity index (χ1n) is 5.58. The molecule has 0 aliphatic heterocycles. The van der Waals surface area contributed by atoms with Crippen LogP contribution in [0.3, 0.4) is 0 Å². The highest BCUT2D eigenvalue weighted by Gasteiger charge is 2.32. The van der Waals surface area contributed by atoms with Crippen LogP contribution in [0.1, 0.15) is 11.5 Å². The summed E-state index contributed by atoms with van der Waals surface area (Å²) < 4.78 is 21.1. The summed E-state index contributed by atoms with van der Waals surface area (Å²) in [5.74, 6) is -0.128. The maximum atomic E-state index is 9.55. The monoisotopic (exact) mass is 256 g/mol. The molecular weight excluding hydrogens is 236 g/mol. The van der Waals surface area contributed by atoms with Crippen molar-refractivity contribution in [3.05, 3.63) is 29.8 Å². The van der Waals surface area contributed by atoms with Gasteiger partial charge in [0.1, 0.15) is 5.75 Å². The lowest BCUT2D eigenvalue weighted by atomic mass is 9.97. The quantitative estimate of drug-likeness (QED) is 0.753. The summed E-state index contributed by atoms with van der Waals surface area (Å²) in [6.07, 6.45) is -1.06. The van der Waals surface area contributed by atoms with Crippen molar-refractivity contribution in [2.24, 2.45) is 0 Å². The van der Waals surface area contributed by atoms with E-state index in [0.717, 1.165) is 5.56 Å². The van der Waals surface area contributed by atoms with E-state index in [1.54, 1.807) is 46.6 Å². The Kier molecular flexibility index (Phi) is 6.07. The largest absolute Gasteiger partial charge is 0.508 e. The molecule has 0 spiro atoms. The zero-order chi connectivity index (χ0) is 13.5. The third-order valence-electron chi connectivity index (χ3n) is 2.77. The number of aromatic hydroxyl groups is 1. The van der Waals surface area contributed by atoms with Crippen molar-refractivity contribution < 1.29 is 24.1 Å². The zero-order valence-corrected chi connectivity index (χ0v) is 11.1. The third kappa shape index (κ3) is 3.43. The van der Waals surface area contributed by atoms with Crippen molar-refractivity contribution in [2.75, 3.05) is 28.4 Å². The minimum atomic E-state index is -0.531. The number of phenols is 1. The Balaban J connectivity index is 3.10. The Bertz CT molecular complexity index is 335. The molecule has 0 aromatic heterocycles. The van der Waals surface area contributed by atoms with Crippen LogP contribution in [0.25, 0.3) is 0 Å². The van der Waals surface area contributed by atoms with E-state index in [4.69, 9.17) is 18.9 Å². The van der Waals surface area contributed by atoms with Gasteiger partial charge >= 0.3 is 0 Å². The van der Waals surface area contributed by atoms with E-state index >= 15 is 0 Å².